The molecule has 206 valence electrons. The third kappa shape index (κ3) is 4.65. The SMILES string of the molecule is Cc1cnc2c(C(C)(C)C)cc(Oc3[c-]c4c(cc3)c3cccc(C(C)C)c3n4-c3ccccn3)nc2c1O.[Pt]. The Labute approximate surface area is 248 Å². The van der Waals surface area contributed by atoms with Crippen LogP contribution >= 0.6 is 0 Å². The Hall–Kier alpha value is -3.76. The van der Waals surface area contributed by atoms with E-state index >= 15 is 0 Å². The van der Waals surface area contributed by atoms with Gasteiger partial charge in [0.2, 0.25) is 5.88 Å². The zero-order valence-corrected chi connectivity index (χ0v) is 25.7. The summed E-state index contributed by atoms with van der Waals surface area (Å²) in [5, 5.41) is 13.0. The van der Waals surface area contributed by atoms with Crippen LogP contribution in [0.1, 0.15) is 57.2 Å². The molecule has 0 unspecified atom stereocenters. The maximum Gasteiger partial charge on any atom is 0.217 e. The summed E-state index contributed by atoms with van der Waals surface area (Å²) < 4.78 is 8.52. The number of aromatic nitrogens is 4. The average Bonchev–Trinajstić information content (AvgIpc) is 3.24. The van der Waals surface area contributed by atoms with Crippen LogP contribution in [0.4, 0.5) is 0 Å². The molecule has 0 aliphatic carbocycles. The van der Waals surface area contributed by atoms with Crippen LogP contribution in [-0.2, 0) is 26.5 Å². The first-order valence-electron chi connectivity index (χ1n) is 13.2. The molecule has 0 radical (unpaired) electrons. The molecule has 0 bridgehead atoms. The fraction of sp³-hybridized carbons (Fsp3) is 0.242. The van der Waals surface area contributed by atoms with Gasteiger partial charge in [-0.2, -0.15) is 6.07 Å². The third-order valence-corrected chi connectivity index (χ3v) is 7.18. The molecule has 6 nitrogen and oxygen atoms in total. The molecule has 0 aliphatic heterocycles. The van der Waals surface area contributed by atoms with Gasteiger partial charge in [-0.1, -0.05) is 64.4 Å². The number of fused-ring (bicyclic) bond motifs is 4. The van der Waals surface area contributed by atoms with Crippen LogP contribution in [0.3, 0.4) is 0 Å². The number of benzene rings is 2. The minimum Gasteiger partial charge on any atom is -0.505 e. The fourth-order valence-electron chi connectivity index (χ4n) is 5.19. The predicted octanol–water partition coefficient (Wildman–Crippen LogP) is 8.15. The predicted molar refractivity (Wildman–Crippen MR) is 156 cm³/mol. The van der Waals surface area contributed by atoms with E-state index in [9.17, 15) is 5.11 Å². The van der Waals surface area contributed by atoms with Crippen molar-refractivity contribution in [3.8, 4) is 23.2 Å². The number of nitrogens with zero attached hydrogens (tertiary/aromatic N) is 4. The Kier molecular flexibility index (Phi) is 7.18. The summed E-state index contributed by atoms with van der Waals surface area (Å²) in [7, 11) is 0. The molecule has 1 N–H and O–H groups in total. The van der Waals surface area contributed by atoms with Gasteiger partial charge in [0.1, 0.15) is 17.1 Å². The molecule has 0 amide bonds. The maximum atomic E-state index is 10.8. The van der Waals surface area contributed by atoms with E-state index in [-0.39, 0.29) is 32.2 Å². The van der Waals surface area contributed by atoms with E-state index in [0.29, 0.717) is 34.1 Å². The van der Waals surface area contributed by atoms with Crippen molar-refractivity contribution >= 4 is 32.8 Å². The molecule has 0 aliphatic rings. The number of hydrogen-bond acceptors (Lipinski definition) is 5. The van der Waals surface area contributed by atoms with Gasteiger partial charge < -0.3 is 14.4 Å². The van der Waals surface area contributed by atoms with E-state index < -0.39 is 0 Å². The normalized spacial score (nSPS) is 11.9. The van der Waals surface area contributed by atoms with E-state index in [1.807, 2.05) is 37.3 Å². The summed E-state index contributed by atoms with van der Waals surface area (Å²) in [6, 6.07) is 21.8. The van der Waals surface area contributed by atoms with Crippen molar-refractivity contribution in [1.82, 2.24) is 19.5 Å². The zero-order chi connectivity index (χ0) is 27.5. The number of hydrogen-bond donors (Lipinski definition) is 1. The topological polar surface area (TPSA) is 73.1 Å². The molecule has 6 aromatic rings. The van der Waals surface area contributed by atoms with Gasteiger partial charge in [-0.15, -0.1) is 17.5 Å². The van der Waals surface area contributed by atoms with Crippen LogP contribution in [0.25, 0.3) is 38.7 Å². The quantitative estimate of drug-likeness (QED) is 0.187. The summed E-state index contributed by atoms with van der Waals surface area (Å²) in [5.41, 5.74) is 5.74. The van der Waals surface area contributed by atoms with E-state index in [0.717, 1.165) is 33.2 Å². The Morgan fingerprint density at radius 1 is 0.950 bits per heavy atom. The van der Waals surface area contributed by atoms with Crippen molar-refractivity contribution in [3.05, 3.63) is 89.7 Å². The van der Waals surface area contributed by atoms with Crippen LogP contribution in [-0.4, -0.2) is 24.6 Å². The van der Waals surface area contributed by atoms with Crippen LogP contribution in [0.15, 0.2) is 67.0 Å². The molecule has 4 aromatic heterocycles. The molecular weight excluding hydrogens is 679 g/mol. The van der Waals surface area contributed by atoms with Gasteiger partial charge >= 0.3 is 0 Å². The van der Waals surface area contributed by atoms with Gasteiger partial charge in [0.15, 0.2) is 0 Å². The Morgan fingerprint density at radius 3 is 2.45 bits per heavy atom. The second-order valence-electron chi connectivity index (χ2n) is 11.4. The number of para-hydroxylation sites is 1. The summed E-state index contributed by atoms with van der Waals surface area (Å²) in [5.74, 6) is 2.18. The third-order valence-electron chi connectivity index (χ3n) is 7.18. The Bertz CT molecular complexity index is 1870. The molecule has 0 spiro atoms. The minimum atomic E-state index is -0.236. The first-order valence-corrected chi connectivity index (χ1v) is 13.2. The second-order valence-corrected chi connectivity index (χ2v) is 11.4. The fourth-order valence-corrected chi connectivity index (χ4v) is 5.19. The van der Waals surface area contributed by atoms with E-state index in [1.165, 1.54) is 5.56 Å². The standard InChI is InChI=1S/C33H31N4O2.Pt/c1-19(2)22-10-9-11-24-23-14-13-21(16-26(23)37(31(22)24)27-12-7-8-15-34-27)39-28-17-25(33(4,5)6)29-30(36-28)32(38)20(3)18-35-29;/h7-15,17-19H,1-6H3,(H,35,38);/q-1;. The Balaban J connectivity index is 0.00000323. The van der Waals surface area contributed by atoms with Crippen LogP contribution in [0.5, 0.6) is 17.4 Å². The first-order chi connectivity index (χ1) is 18.6. The number of aryl methyl sites for hydroxylation is 1. The van der Waals surface area contributed by atoms with Crippen molar-refractivity contribution in [2.75, 3.05) is 0 Å². The zero-order valence-electron chi connectivity index (χ0n) is 23.4. The minimum absolute atomic E-state index is 0. The summed E-state index contributed by atoms with van der Waals surface area (Å²) in [4.78, 5) is 13.9. The average molecular weight is 711 g/mol. The summed E-state index contributed by atoms with van der Waals surface area (Å²) in [6.45, 7) is 12.6. The van der Waals surface area contributed by atoms with Crippen molar-refractivity contribution in [3.63, 3.8) is 0 Å². The maximum absolute atomic E-state index is 10.8. The van der Waals surface area contributed by atoms with E-state index in [2.05, 4.69) is 84.5 Å². The van der Waals surface area contributed by atoms with Gasteiger partial charge in [0.25, 0.3) is 0 Å². The van der Waals surface area contributed by atoms with Gasteiger partial charge in [-0.25, -0.2) is 9.97 Å². The molecule has 4 heterocycles. The number of ether oxygens (including phenoxy) is 1. The van der Waals surface area contributed by atoms with Crippen LogP contribution in [0.2, 0.25) is 0 Å². The van der Waals surface area contributed by atoms with Gasteiger partial charge in [-0.3, -0.25) is 4.98 Å². The number of pyridine rings is 3. The molecule has 6 rings (SSSR count). The molecular formula is C33H31N4O2Pt-. The molecule has 40 heavy (non-hydrogen) atoms. The molecule has 7 heteroatoms. The van der Waals surface area contributed by atoms with E-state index in [4.69, 9.17) is 4.74 Å². The largest absolute Gasteiger partial charge is 0.505 e. The summed E-state index contributed by atoms with van der Waals surface area (Å²) in [6.07, 6.45) is 3.49. The smallest absolute Gasteiger partial charge is 0.217 e. The molecule has 0 fully saturated rings. The molecule has 0 saturated heterocycles. The van der Waals surface area contributed by atoms with Crippen molar-refractivity contribution in [2.45, 2.75) is 52.9 Å². The van der Waals surface area contributed by atoms with Gasteiger partial charge in [0.05, 0.1) is 5.52 Å². The number of rotatable bonds is 4. The van der Waals surface area contributed by atoms with Crippen LogP contribution in [0, 0.1) is 13.0 Å². The van der Waals surface area contributed by atoms with Crippen molar-refractivity contribution < 1.29 is 30.9 Å². The molecule has 0 saturated carbocycles. The Morgan fingerprint density at radius 2 is 1.75 bits per heavy atom. The monoisotopic (exact) mass is 710 g/mol. The number of aromatic hydroxyl groups is 1. The van der Waals surface area contributed by atoms with E-state index in [1.54, 1.807) is 12.4 Å². The first kappa shape index (κ1) is 27.8. The van der Waals surface area contributed by atoms with Gasteiger partial charge in [0, 0.05) is 56.4 Å². The summed E-state index contributed by atoms with van der Waals surface area (Å²) >= 11 is 0. The molecule has 2 aromatic carbocycles. The second kappa shape index (κ2) is 10.3. The van der Waals surface area contributed by atoms with Crippen molar-refractivity contribution in [2.24, 2.45) is 0 Å². The van der Waals surface area contributed by atoms with Crippen molar-refractivity contribution in [1.29, 1.82) is 0 Å². The molecule has 0 atom stereocenters. The van der Waals surface area contributed by atoms with Crippen LogP contribution < -0.4 is 4.74 Å². The van der Waals surface area contributed by atoms with Gasteiger partial charge in [-0.05, 0) is 46.9 Å².